The van der Waals surface area contributed by atoms with E-state index in [9.17, 15) is 13.2 Å². The van der Waals surface area contributed by atoms with Gasteiger partial charge in [-0.25, -0.2) is 0 Å². The highest BCUT2D eigenvalue weighted by Crippen LogP contribution is 2.29. The van der Waals surface area contributed by atoms with Gasteiger partial charge in [0, 0.05) is 32.6 Å². The van der Waals surface area contributed by atoms with Crippen molar-refractivity contribution in [1.82, 2.24) is 15.5 Å². The maximum absolute atomic E-state index is 12.6. The molecule has 1 fully saturated rings. The number of alkyl halides is 3. The summed E-state index contributed by atoms with van der Waals surface area (Å²) in [6.07, 6.45) is -1.97. The van der Waals surface area contributed by atoms with E-state index in [1.807, 2.05) is 0 Å². The average Bonchev–Trinajstić information content (AvgIpc) is 2.96. The zero-order chi connectivity index (χ0) is 15.6. The van der Waals surface area contributed by atoms with Gasteiger partial charge in [0.05, 0.1) is 23.1 Å². The van der Waals surface area contributed by atoms with E-state index in [4.69, 9.17) is 0 Å². The quantitative estimate of drug-likeness (QED) is 0.915. The molecule has 7 heteroatoms. The summed E-state index contributed by atoms with van der Waals surface area (Å²) >= 11 is 0. The second-order valence-electron chi connectivity index (χ2n) is 5.34. The molecule has 2 aromatic rings. The van der Waals surface area contributed by atoms with Crippen LogP contribution in [-0.2, 0) is 12.6 Å². The van der Waals surface area contributed by atoms with Crippen molar-refractivity contribution in [3.05, 3.63) is 47.3 Å². The number of aromatic amines is 1. The summed E-state index contributed by atoms with van der Waals surface area (Å²) in [5.74, 6) is 0. The summed E-state index contributed by atoms with van der Waals surface area (Å²) in [6, 6.07) is 5.28. The van der Waals surface area contributed by atoms with E-state index in [-0.39, 0.29) is 0 Å². The molecule has 0 bridgehead atoms. The number of hydrogen-bond acceptors (Lipinski definition) is 3. The van der Waals surface area contributed by atoms with E-state index in [0.29, 0.717) is 6.42 Å². The Morgan fingerprint density at radius 3 is 2.41 bits per heavy atom. The van der Waals surface area contributed by atoms with Crippen LogP contribution in [0.15, 0.2) is 30.5 Å². The second kappa shape index (κ2) is 6.00. The Kier molecular flexibility index (Phi) is 4.06. The van der Waals surface area contributed by atoms with Gasteiger partial charge in [-0.1, -0.05) is 12.1 Å². The van der Waals surface area contributed by atoms with E-state index in [1.165, 1.54) is 12.1 Å². The van der Waals surface area contributed by atoms with Crippen molar-refractivity contribution in [3.8, 4) is 0 Å². The molecule has 3 rings (SSSR count). The zero-order valence-corrected chi connectivity index (χ0v) is 12.0. The van der Waals surface area contributed by atoms with Crippen molar-refractivity contribution in [3.63, 3.8) is 0 Å². The molecule has 118 valence electrons. The topological polar surface area (TPSA) is 44.0 Å². The number of rotatable bonds is 3. The molecule has 0 spiro atoms. The molecule has 1 aromatic heterocycles. The largest absolute Gasteiger partial charge is 0.416 e. The van der Waals surface area contributed by atoms with Crippen LogP contribution in [0.5, 0.6) is 0 Å². The third kappa shape index (κ3) is 3.24. The molecule has 1 aliphatic rings. The first-order chi connectivity index (χ1) is 10.5. The van der Waals surface area contributed by atoms with Crippen LogP contribution >= 0.6 is 0 Å². The van der Waals surface area contributed by atoms with Crippen LogP contribution in [0.4, 0.5) is 18.9 Å². The van der Waals surface area contributed by atoms with Gasteiger partial charge in [-0.3, -0.25) is 5.10 Å². The predicted octanol–water partition coefficient (Wildman–Crippen LogP) is 2.43. The summed E-state index contributed by atoms with van der Waals surface area (Å²) < 4.78 is 37.7. The van der Waals surface area contributed by atoms with E-state index in [0.717, 1.165) is 55.3 Å². The molecule has 0 radical (unpaired) electrons. The summed E-state index contributed by atoms with van der Waals surface area (Å²) in [5.41, 5.74) is 2.17. The smallest absolute Gasteiger partial charge is 0.366 e. The second-order valence-corrected chi connectivity index (χ2v) is 5.34. The number of anilines is 1. The standard InChI is InChI=1S/C15H17F3N4/c16-15(17,18)12-3-1-11(2-4-12)9-13-14(10-20-21-13)22-7-5-19-6-8-22/h1-4,10,19H,5-9H2,(H,20,21). The molecule has 0 aliphatic carbocycles. The fourth-order valence-electron chi connectivity index (χ4n) is 2.63. The predicted molar refractivity (Wildman–Crippen MR) is 77.9 cm³/mol. The van der Waals surface area contributed by atoms with Gasteiger partial charge in [0.2, 0.25) is 0 Å². The lowest BCUT2D eigenvalue weighted by Crippen LogP contribution is -2.43. The molecule has 0 amide bonds. The van der Waals surface area contributed by atoms with Gasteiger partial charge in [-0.15, -0.1) is 0 Å². The number of piperazine rings is 1. The molecule has 0 unspecified atom stereocenters. The van der Waals surface area contributed by atoms with Crippen LogP contribution in [-0.4, -0.2) is 36.4 Å². The third-order valence-electron chi connectivity index (χ3n) is 3.82. The number of halogens is 3. The number of aromatic nitrogens is 2. The Morgan fingerprint density at radius 1 is 1.09 bits per heavy atom. The first kappa shape index (κ1) is 14.9. The molecule has 1 saturated heterocycles. The first-order valence-corrected chi connectivity index (χ1v) is 7.18. The molecule has 2 N–H and O–H groups in total. The van der Waals surface area contributed by atoms with Crippen molar-refractivity contribution in [1.29, 1.82) is 0 Å². The van der Waals surface area contributed by atoms with E-state index in [1.54, 1.807) is 6.20 Å². The number of nitrogens with zero attached hydrogens (tertiary/aromatic N) is 2. The average molecular weight is 310 g/mol. The molecular weight excluding hydrogens is 293 g/mol. The third-order valence-corrected chi connectivity index (χ3v) is 3.82. The molecule has 2 heterocycles. The maximum Gasteiger partial charge on any atom is 0.416 e. The molecule has 0 atom stereocenters. The monoisotopic (exact) mass is 310 g/mol. The normalized spacial score (nSPS) is 16.0. The lowest BCUT2D eigenvalue weighted by atomic mass is 10.1. The van der Waals surface area contributed by atoms with Gasteiger partial charge < -0.3 is 10.2 Å². The Bertz CT molecular complexity index is 612. The summed E-state index contributed by atoms with van der Waals surface area (Å²) in [7, 11) is 0. The SMILES string of the molecule is FC(F)(F)c1ccc(Cc2[nH]ncc2N2CCNCC2)cc1. The molecular formula is C15H17F3N4. The fourth-order valence-corrected chi connectivity index (χ4v) is 2.63. The van der Waals surface area contributed by atoms with Gasteiger partial charge >= 0.3 is 6.18 Å². The minimum Gasteiger partial charge on any atom is -0.366 e. The molecule has 1 aromatic carbocycles. The highest BCUT2D eigenvalue weighted by molar-refractivity contribution is 5.51. The van der Waals surface area contributed by atoms with Crippen LogP contribution in [0.25, 0.3) is 0 Å². The summed E-state index contributed by atoms with van der Waals surface area (Å²) in [5, 5.41) is 10.3. The van der Waals surface area contributed by atoms with Crippen molar-refractivity contribution in [2.75, 3.05) is 31.1 Å². The summed E-state index contributed by atoms with van der Waals surface area (Å²) in [6.45, 7) is 3.65. The van der Waals surface area contributed by atoms with Crippen molar-refractivity contribution in [2.45, 2.75) is 12.6 Å². The van der Waals surface area contributed by atoms with Gasteiger partial charge in [0.1, 0.15) is 0 Å². The van der Waals surface area contributed by atoms with Crippen molar-refractivity contribution >= 4 is 5.69 Å². The number of hydrogen-bond donors (Lipinski definition) is 2. The minimum absolute atomic E-state index is 0.539. The molecule has 1 aliphatic heterocycles. The van der Waals surface area contributed by atoms with Crippen LogP contribution < -0.4 is 10.2 Å². The minimum atomic E-state index is -4.29. The van der Waals surface area contributed by atoms with Gasteiger partial charge in [0.15, 0.2) is 0 Å². The van der Waals surface area contributed by atoms with Gasteiger partial charge in [-0.2, -0.15) is 18.3 Å². The fraction of sp³-hybridized carbons (Fsp3) is 0.400. The van der Waals surface area contributed by atoms with Gasteiger partial charge in [-0.05, 0) is 17.7 Å². The first-order valence-electron chi connectivity index (χ1n) is 7.18. The van der Waals surface area contributed by atoms with Crippen molar-refractivity contribution in [2.24, 2.45) is 0 Å². The summed E-state index contributed by atoms with van der Waals surface area (Å²) in [4.78, 5) is 2.24. The number of benzene rings is 1. The van der Waals surface area contributed by atoms with Crippen LogP contribution in [0, 0.1) is 0 Å². The Labute approximate surface area is 126 Å². The maximum atomic E-state index is 12.6. The number of H-pyrrole nitrogens is 1. The van der Waals surface area contributed by atoms with Crippen LogP contribution in [0.2, 0.25) is 0 Å². The Hall–Kier alpha value is -2.02. The highest BCUT2D eigenvalue weighted by atomic mass is 19.4. The zero-order valence-electron chi connectivity index (χ0n) is 12.0. The lowest BCUT2D eigenvalue weighted by molar-refractivity contribution is -0.137. The molecule has 22 heavy (non-hydrogen) atoms. The molecule has 0 saturated carbocycles. The lowest BCUT2D eigenvalue weighted by Gasteiger charge is -2.29. The highest BCUT2D eigenvalue weighted by Gasteiger charge is 2.30. The Morgan fingerprint density at radius 2 is 1.77 bits per heavy atom. The number of nitrogens with one attached hydrogen (secondary N) is 2. The van der Waals surface area contributed by atoms with E-state index in [2.05, 4.69) is 20.4 Å². The molecule has 4 nitrogen and oxygen atoms in total. The van der Waals surface area contributed by atoms with Gasteiger partial charge in [0.25, 0.3) is 0 Å². The van der Waals surface area contributed by atoms with Crippen LogP contribution in [0.3, 0.4) is 0 Å². The Balaban J connectivity index is 1.75. The van der Waals surface area contributed by atoms with E-state index >= 15 is 0 Å². The van der Waals surface area contributed by atoms with E-state index < -0.39 is 11.7 Å². The van der Waals surface area contributed by atoms with Crippen LogP contribution in [0.1, 0.15) is 16.8 Å². The van der Waals surface area contributed by atoms with Crippen molar-refractivity contribution < 1.29 is 13.2 Å².